The van der Waals surface area contributed by atoms with Gasteiger partial charge in [0.05, 0.1) is 0 Å². The van der Waals surface area contributed by atoms with Crippen molar-refractivity contribution in [3.05, 3.63) is 25.3 Å². The average Bonchev–Trinajstić information content (AvgIpc) is 2.32. The fraction of sp³-hybridized carbons (Fsp3) is 0.500. The third-order valence-corrected chi connectivity index (χ3v) is 2.96. The Morgan fingerprint density at radius 2 is 1.41 bits per heavy atom. The van der Waals surface area contributed by atoms with Crippen LogP contribution in [0.4, 0.5) is 0 Å². The summed E-state index contributed by atoms with van der Waals surface area (Å²) in [5, 5.41) is -0.831. The van der Waals surface area contributed by atoms with Crippen LogP contribution in [-0.4, -0.2) is 35.7 Å². The van der Waals surface area contributed by atoms with Crippen LogP contribution < -0.4 is 0 Å². The first kappa shape index (κ1) is 15.8. The van der Waals surface area contributed by atoms with E-state index in [-0.39, 0.29) is 25.2 Å². The molecule has 0 fully saturated rings. The van der Waals surface area contributed by atoms with E-state index in [1.807, 2.05) is 0 Å². The van der Waals surface area contributed by atoms with Gasteiger partial charge in [0.2, 0.25) is 0 Å². The number of ether oxygens (including phenoxy) is 2. The number of carbonyl (C=O) groups excluding carboxylic acids is 2. The van der Waals surface area contributed by atoms with E-state index in [1.165, 1.54) is 23.9 Å². The Hall–Kier alpha value is -1.23. The second-order valence-electron chi connectivity index (χ2n) is 3.26. The summed E-state index contributed by atoms with van der Waals surface area (Å²) in [6.45, 7) is 10.6. The van der Waals surface area contributed by atoms with Crippen LogP contribution in [-0.2, 0) is 19.1 Å². The number of esters is 2. The zero-order chi connectivity index (χ0) is 13.3. The van der Waals surface area contributed by atoms with Crippen LogP contribution in [0.3, 0.4) is 0 Å². The second kappa shape index (κ2) is 8.87. The van der Waals surface area contributed by atoms with Gasteiger partial charge in [0, 0.05) is 0 Å². The molecule has 0 rings (SSSR count). The number of hydrogen-bond donors (Lipinski definition) is 0. The van der Waals surface area contributed by atoms with Crippen LogP contribution in [0.1, 0.15) is 13.8 Å². The summed E-state index contributed by atoms with van der Waals surface area (Å²) < 4.78 is 9.74. The molecule has 5 heteroatoms. The van der Waals surface area contributed by atoms with Gasteiger partial charge in [-0.1, -0.05) is 25.3 Å². The van der Waals surface area contributed by atoms with E-state index in [0.29, 0.717) is 0 Å². The number of hydrogen-bond acceptors (Lipinski definition) is 5. The molecule has 0 aromatic rings. The van der Waals surface area contributed by atoms with Gasteiger partial charge in [-0.3, -0.25) is 9.59 Å². The summed E-state index contributed by atoms with van der Waals surface area (Å²) in [4.78, 5) is 22.8. The van der Waals surface area contributed by atoms with E-state index in [1.54, 1.807) is 13.8 Å². The van der Waals surface area contributed by atoms with E-state index < -0.39 is 10.5 Å². The molecule has 0 aromatic heterocycles. The summed E-state index contributed by atoms with van der Waals surface area (Å²) in [7, 11) is 0. The van der Waals surface area contributed by atoms with Crippen molar-refractivity contribution in [3.8, 4) is 0 Å². The van der Waals surface area contributed by atoms with Crippen LogP contribution in [0.15, 0.2) is 25.3 Å². The summed E-state index contributed by atoms with van der Waals surface area (Å²) in [5.41, 5.74) is 0. The fourth-order valence-electron chi connectivity index (χ4n) is 0.934. The van der Waals surface area contributed by atoms with Crippen molar-refractivity contribution in [2.24, 2.45) is 0 Å². The Balaban J connectivity index is 4.04. The van der Waals surface area contributed by atoms with E-state index in [0.717, 1.165) is 0 Å². The maximum absolute atomic E-state index is 11.4. The van der Waals surface area contributed by atoms with Crippen LogP contribution >= 0.6 is 11.8 Å². The minimum Gasteiger partial charge on any atom is -0.461 e. The van der Waals surface area contributed by atoms with E-state index in [4.69, 9.17) is 9.47 Å². The summed E-state index contributed by atoms with van der Waals surface area (Å²) in [5.74, 6) is -0.725. The molecule has 17 heavy (non-hydrogen) atoms. The third kappa shape index (κ3) is 6.84. The quantitative estimate of drug-likeness (QED) is 0.492. The molecule has 2 unspecified atom stereocenters. The van der Waals surface area contributed by atoms with Gasteiger partial charge in [-0.15, -0.1) is 11.8 Å². The molecule has 4 nitrogen and oxygen atoms in total. The Morgan fingerprint density at radius 1 is 1.06 bits per heavy atom. The highest BCUT2D eigenvalue weighted by Crippen LogP contribution is 2.19. The molecular weight excluding hydrogens is 240 g/mol. The van der Waals surface area contributed by atoms with Gasteiger partial charge in [-0.2, -0.15) is 0 Å². The number of carbonyl (C=O) groups is 2. The molecule has 0 aliphatic heterocycles. The number of thioether (sulfide) groups is 1. The summed E-state index contributed by atoms with van der Waals surface area (Å²) in [6.07, 6.45) is 2.99. The van der Waals surface area contributed by atoms with Crippen molar-refractivity contribution >= 4 is 23.7 Å². The molecule has 0 amide bonds. The molecule has 0 heterocycles. The zero-order valence-corrected chi connectivity index (χ0v) is 11.0. The second-order valence-corrected chi connectivity index (χ2v) is 4.94. The summed E-state index contributed by atoms with van der Waals surface area (Å²) in [6, 6.07) is 0. The predicted octanol–water partition coefficient (Wildman–Crippen LogP) is 1.95. The zero-order valence-electron chi connectivity index (χ0n) is 10.2. The van der Waals surface area contributed by atoms with Crippen molar-refractivity contribution in [1.29, 1.82) is 0 Å². The third-order valence-electron chi connectivity index (χ3n) is 1.76. The maximum atomic E-state index is 11.4. The number of rotatable bonds is 8. The Morgan fingerprint density at radius 3 is 1.71 bits per heavy atom. The molecule has 0 N–H and O–H groups in total. The van der Waals surface area contributed by atoms with Gasteiger partial charge >= 0.3 is 11.9 Å². The lowest BCUT2D eigenvalue weighted by molar-refractivity contribution is -0.141. The molecule has 0 bridgehead atoms. The minimum atomic E-state index is -0.416. The standard InChI is InChI=1S/C12H18O4S/c1-5-7-15-11(13)9(3)17-10(4)12(14)16-8-6-2/h5-6,9-10H,1-2,7-8H2,3-4H3. The molecule has 0 aliphatic carbocycles. The normalized spacial score (nSPS) is 13.3. The molecule has 0 saturated carbocycles. The monoisotopic (exact) mass is 258 g/mol. The van der Waals surface area contributed by atoms with Gasteiger partial charge in [0.1, 0.15) is 23.7 Å². The Kier molecular flexibility index (Phi) is 8.23. The van der Waals surface area contributed by atoms with Crippen molar-refractivity contribution < 1.29 is 19.1 Å². The van der Waals surface area contributed by atoms with Crippen molar-refractivity contribution in [2.75, 3.05) is 13.2 Å². The van der Waals surface area contributed by atoms with Gasteiger partial charge in [-0.05, 0) is 13.8 Å². The SMILES string of the molecule is C=CCOC(=O)C(C)SC(C)C(=O)OCC=C. The van der Waals surface area contributed by atoms with Gasteiger partial charge in [-0.25, -0.2) is 0 Å². The first-order valence-corrected chi connectivity index (χ1v) is 6.17. The highest BCUT2D eigenvalue weighted by molar-refractivity contribution is 8.01. The maximum Gasteiger partial charge on any atom is 0.319 e. The molecule has 0 aromatic carbocycles. The van der Waals surface area contributed by atoms with Gasteiger partial charge in [0.15, 0.2) is 0 Å². The van der Waals surface area contributed by atoms with Crippen LogP contribution in [0.5, 0.6) is 0 Å². The van der Waals surface area contributed by atoms with Gasteiger partial charge in [0.25, 0.3) is 0 Å². The summed E-state index contributed by atoms with van der Waals surface area (Å²) >= 11 is 1.20. The van der Waals surface area contributed by atoms with Crippen LogP contribution in [0, 0.1) is 0 Å². The van der Waals surface area contributed by atoms with Crippen LogP contribution in [0.25, 0.3) is 0 Å². The Bertz CT molecular complexity index is 260. The molecule has 0 spiro atoms. The smallest absolute Gasteiger partial charge is 0.319 e. The van der Waals surface area contributed by atoms with E-state index in [2.05, 4.69) is 13.2 Å². The highest BCUT2D eigenvalue weighted by atomic mass is 32.2. The lowest BCUT2D eigenvalue weighted by Gasteiger charge is -2.14. The molecule has 2 atom stereocenters. The molecule has 0 saturated heterocycles. The highest BCUT2D eigenvalue weighted by Gasteiger charge is 2.23. The van der Waals surface area contributed by atoms with E-state index in [9.17, 15) is 9.59 Å². The topological polar surface area (TPSA) is 52.6 Å². The molecule has 96 valence electrons. The first-order valence-electron chi connectivity index (χ1n) is 5.23. The lowest BCUT2D eigenvalue weighted by Crippen LogP contribution is -2.24. The first-order chi connectivity index (χ1) is 8.02. The fourth-order valence-corrected chi connectivity index (χ4v) is 1.90. The molecule has 0 aliphatic rings. The van der Waals surface area contributed by atoms with E-state index >= 15 is 0 Å². The van der Waals surface area contributed by atoms with Crippen molar-refractivity contribution in [2.45, 2.75) is 24.3 Å². The van der Waals surface area contributed by atoms with Crippen molar-refractivity contribution in [1.82, 2.24) is 0 Å². The Labute approximate surface area is 106 Å². The lowest BCUT2D eigenvalue weighted by atomic mass is 10.5. The molecular formula is C12H18O4S. The predicted molar refractivity (Wildman–Crippen MR) is 68.8 cm³/mol. The van der Waals surface area contributed by atoms with Crippen molar-refractivity contribution in [3.63, 3.8) is 0 Å². The average molecular weight is 258 g/mol. The largest absolute Gasteiger partial charge is 0.461 e. The minimum absolute atomic E-state index is 0.180. The van der Waals surface area contributed by atoms with Gasteiger partial charge < -0.3 is 9.47 Å². The van der Waals surface area contributed by atoms with Crippen LogP contribution in [0.2, 0.25) is 0 Å². The molecule has 0 radical (unpaired) electrons.